The molecule has 0 radical (unpaired) electrons. The van der Waals surface area contributed by atoms with Crippen molar-refractivity contribution in [2.75, 3.05) is 0 Å². The normalized spacial score (nSPS) is 12.6. The Morgan fingerprint density at radius 3 is 0.592 bits per heavy atom. The Morgan fingerprint density at radius 2 is 0.388 bits per heavy atom. The van der Waals surface area contributed by atoms with E-state index in [1.165, 1.54) is 508 Å². The Labute approximate surface area is 653 Å². The maximum Gasteiger partial charge on any atom is 0.119 e. The largest absolute Gasteiger partial charge is 0.144 e. The predicted octanol–water partition coefficient (Wildman–Crippen LogP) is 35.9. The zero-order valence-corrected chi connectivity index (χ0v) is 72.5. The summed E-state index contributed by atoms with van der Waals surface area (Å²) in [4.78, 5) is 3.03. The Balaban J connectivity index is 1.17. The Bertz CT molecular complexity index is 2300. The van der Waals surface area contributed by atoms with Crippen LogP contribution in [0.15, 0.2) is 59.3 Å². The van der Waals surface area contributed by atoms with Crippen LogP contribution >= 0.6 is 22.7 Å². The second kappa shape index (κ2) is 65.9. The molecule has 2 aromatic carbocycles. The first-order chi connectivity index (χ1) is 51.1. The van der Waals surface area contributed by atoms with Gasteiger partial charge in [-0.1, -0.05) is 514 Å². The average Bonchev–Trinajstić information content (AvgIpc) is 1.56. The van der Waals surface area contributed by atoms with Crippen LogP contribution in [0, 0.1) is 0 Å². The van der Waals surface area contributed by atoms with E-state index in [2.05, 4.69) is 87.0 Å². The van der Waals surface area contributed by atoms with Crippen LogP contribution in [0.1, 0.15) is 501 Å². The average molecular weight is 1470 g/mol. The Kier molecular flexibility index (Phi) is 58.6. The summed E-state index contributed by atoms with van der Waals surface area (Å²) in [6, 6.07) is 24.1. The lowest BCUT2D eigenvalue weighted by atomic mass is 10.0. The smallest absolute Gasteiger partial charge is 0.119 e. The van der Waals surface area contributed by atoms with Crippen molar-refractivity contribution in [1.82, 2.24) is 0 Å². The molecule has 0 atom stereocenters. The molecule has 0 amide bonds. The van der Waals surface area contributed by atoms with Crippen LogP contribution < -0.4 is 10.4 Å². The number of fused-ring (bicyclic) bond motifs is 3. The van der Waals surface area contributed by atoms with Crippen molar-refractivity contribution in [3.05, 3.63) is 70.4 Å². The summed E-state index contributed by atoms with van der Waals surface area (Å²) in [7, 11) is -2.12. The molecule has 3 heterocycles. The highest BCUT2D eigenvalue weighted by Gasteiger charge is 2.45. The lowest BCUT2D eigenvalue weighted by molar-refractivity contribution is 0.525. The van der Waals surface area contributed by atoms with Gasteiger partial charge in [0.15, 0.2) is 0 Å². The van der Waals surface area contributed by atoms with Crippen LogP contribution in [-0.2, 0) is 12.8 Å². The zero-order valence-electron chi connectivity index (χ0n) is 69.8. The molecular formula is C100H174S2Si. The lowest BCUT2D eigenvalue weighted by Crippen LogP contribution is -2.55. The minimum atomic E-state index is -2.12. The van der Waals surface area contributed by atoms with Gasteiger partial charge < -0.3 is 0 Å². The summed E-state index contributed by atoms with van der Waals surface area (Å²) in [6.45, 7) is 9.32. The van der Waals surface area contributed by atoms with E-state index in [1.54, 1.807) is 22.3 Å². The van der Waals surface area contributed by atoms with Gasteiger partial charge in [0.05, 0.1) is 0 Å². The van der Waals surface area contributed by atoms with Gasteiger partial charge in [0.2, 0.25) is 0 Å². The summed E-state index contributed by atoms with van der Waals surface area (Å²) in [5, 5.41) is 8.70. The number of aryl methyl sites for hydroxylation is 2. The summed E-state index contributed by atoms with van der Waals surface area (Å²) >= 11 is 4.08. The highest BCUT2D eigenvalue weighted by atomic mass is 32.1. The van der Waals surface area contributed by atoms with E-state index in [-0.39, 0.29) is 0 Å². The third kappa shape index (κ3) is 43.9. The first kappa shape index (κ1) is 91.7. The predicted molar refractivity (Wildman–Crippen MR) is 476 cm³/mol. The fraction of sp³-hybridized carbons (Fsp3) is 0.800. The highest BCUT2D eigenvalue weighted by Crippen LogP contribution is 2.41. The summed E-state index contributed by atoms with van der Waals surface area (Å²) in [5.74, 6) is 0. The molecule has 590 valence electrons. The molecule has 4 aromatic rings. The first-order valence-electron chi connectivity index (χ1n) is 47.6. The van der Waals surface area contributed by atoms with Gasteiger partial charge in [0, 0.05) is 9.75 Å². The van der Waals surface area contributed by atoms with E-state index in [0.29, 0.717) is 0 Å². The highest BCUT2D eigenvalue weighted by molar-refractivity contribution is 7.14. The molecule has 0 N–H and O–H groups in total. The van der Waals surface area contributed by atoms with E-state index in [1.807, 2.05) is 33.0 Å². The fourth-order valence-corrected chi connectivity index (χ4v) is 25.4. The van der Waals surface area contributed by atoms with Gasteiger partial charge in [0.1, 0.15) is 8.07 Å². The minimum absolute atomic E-state index is 1.25. The SMILES string of the molecule is CCCCCCCCCCCCCCCCCCCCc1csc(-c2ccc3c(c2)[Si](CCCCCCCCCCCCCCCCCCCC)(CCCCCCCCCCCCCCCCCCCC)c2cc(-c4cc(CCCCCCCCCCCCCCCCCCCC)cs4)ccc2-3)c1. The number of thiophene rings is 2. The molecule has 2 aromatic heterocycles. The van der Waals surface area contributed by atoms with Crippen LogP contribution in [0.3, 0.4) is 0 Å². The molecule has 0 unspecified atom stereocenters. The van der Waals surface area contributed by atoms with Gasteiger partial charge in [-0.25, -0.2) is 0 Å². The molecular weight excluding hydrogens is 1290 g/mol. The van der Waals surface area contributed by atoms with E-state index >= 15 is 0 Å². The van der Waals surface area contributed by atoms with Gasteiger partial charge in [-0.05, 0) is 104 Å². The summed E-state index contributed by atoms with van der Waals surface area (Å²) in [5.41, 5.74) is 9.41. The van der Waals surface area contributed by atoms with Crippen molar-refractivity contribution < 1.29 is 0 Å². The maximum absolute atomic E-state index is 2.82. The van der Waals surface area contributed by atoms with Crippen molar-refractivity contribution in [2.24, 2.45) is 0 Å². The van der Waals surface area contributed by atoms with Crippen molar-refractivity contribution in [1.29, 1.82) is 0 Å². The van der Waals surface area contributed by atoms with Crippen LogP contribution in [0.2, 0.25) is 12.1 Å². The van der Waals surface area contributed by atoms with Crippen LogP contribution in [0.5, 0.6) is 0 Å². The van der Waals surface area contributed by atoms with E-state index in [0.717, 1.165) is 0 Å². The van der Waals surface area contributed by atoms with Crippen molar-refractivity contribution in [3.63, 3.8) is 0 Å². The quantitative estimate of drug-likeness (QED) is 0.0305. The van der Waals surface area contributed by atoms with E-state index in [9.17, 15) is 0 Å². The summed E-state index contributed by atoms with van der Waals surface area (Å²) in [6.07, 6.45) is 107. The number of benzene rings is 2. The van der Waals surface area contributed by atoms with Crippen LogP contribution in [-0.4, -0.2) is 8.07 Å². The van der Waals surface area contributed by atoms with E-state index in [4.69, 9.17) is 0 Å². The molecule has 0 aliphatic carbocycles. The molecule has 0 saturated carbocycles. The number of rotatable bonds is 78. The standard InChI is InChI=1S/C100H174S2Si/c1-5-9-13-17-21-25-29-33-37-41-45-49-53-57-61-65-69-73-77-91-85-97(101-89-91)93-79-81-95-96-82-80-94(98-86-92(90-102-98)78-74-70-66-62-58-54-50-46-42-38-34-30-26-22-18-14-10-6-2)88-100(96)103(99(95)87-93,83-75-71-67-63-59-55-51-47-43-39-35-31-27-23-19-15-11-7-3)84-76-72-68-64-60-56-52-48-44-40-36-32-28-24-20-16-12-8-4/h79-82,85-90H,5-78,83-84H2,1-4H3. The Hall–Kier alpha value is -1.94. The van der Waals surface area contributed by atoms with Crippen LogP contribution in [0.4, 0.5) is 0 Å². The zero-order chi connectivity index (χ0) is 72.5. The van der Waals surface area contributed by atoms with Gasteiger partial charge in [-0.2, -0.15) is 0 Å². The minimum Gasteiger partial charge on any atom is -0.144 e. The van der Waals surface area contributed by atoms with Gasteiger partial charge in [-0.15, -0.1) is 22.7 Å². The third-order valence-electron chi connectivity index (χ3n) is 24.8. The monoisotopic (exact) mass is 1470 g/mol. The molecule has 0 bridgehead atoms. The van der Waals surface area contributed by atoms with Crippen LogP contribution in [0.25, 0.3) is 32.0 Å². The molecule has 5 rings (SSSR count). The van der Waals surface area contributed by atoms with Gasteiger partial charge in [0.25, 0.3) is 0 Å². The molecule has 1 aliphatic rings. The molecule has 103 heavy (non-hydrogen) atoms. The first-order valence-corrected chi connectivity index (χ1v) is 51.8. The van der Waals surface area contributed by atoms with E-state index < -0.39 is 8.07 Å². The molecule has 0 nitrogen and oxygen atoms in total. The Morgan fingerprint density at radius 1 is 0.204 bits per heavy atom. The number of hydrogen-bond donors (Lipinski definition) is 0. The second-order valence-electron chi connectivity index (χ2n) is 34.3. The topological polar surface area (TPSA) is 0 Å². The summed E-state index contributed by atoms with van der Waals surface area (Å²) < 4.78 is 0. The maximum atomic E-state index is 2.82. The lowest BCUT2D eigenvalue weighted by Gasteiger charge is -2.31. The fourth-order valence-electron chi connectivity index (χ4n) is 17.9. The number of unbranched alkanes of at least 4 members (excludes halogenated alkanes) is 68. The van der Waals surface area contributed by atoms with Crippen molar-refractivity contribution in [3.8, 4) is 32.0 Å². The second-order valence-corrected chi connectivity index (χ2v) is 40.3. The molecule has 0 spiro atoms. The molecule has 1 aliphatic heterocycles. The third-order valence-corrected chi connectivity index (χ3v) is 32.1. The van der Waals surface area contributed by atoms with Gasteiger partial charge in [-0.3, -0.25) is 0 Å². The number of hydrogen-bond acceptors (Lipinski definition) is 2. The van der Waals surface area contributed by atoms with Gasteiger partial charge >= 0.3 is 0 Å². The molecule has 0 saturated heterocycles. The van der Waals surface area contributed by atoms with Crippen molar-refractivity contribution in [2.45, 2.75) is 515 Å². The molecule has 3 heteroatoms. The van der Waals surface area contributed by atoms with Crippen molar-refractivity contribution >= 4 is 41.1 Å². The molecule has 0 fully saturated rings.